The number of likely N-dealkylation sites (N-methyl/N-ethyl adjacent to an activating group) is 1. The van der Waals surface area contributed by atoms with E-state index in [0.29, 0.717) is 43.3 Å². The number of phosphoric acid groups is 1. The van der Waals surface area contributed by atoms with Crippen molar-refractivity contribution < 1.29 is 52.0 Å². The number of phosphoric ester groups is 1. The number of rotatable bonds is 40. The topological polar surface area (TPSA) is 141 Å². The first-order chi connectivity index (χ1) is 28.1. The lowest BCUT2D eigenvalue weighted by atomic mass is 9.95. The van der Waals surface area contributed by atoms with Gasteiger partial charge in [0.15, 0.2) is 6.10 Å². The Kier molecular flexibility index (Phi) is 30.8. The van der Waals surface area contributed by atoms with Crippen LogP contribution in [0.1, 0.15) is 214 Å². The molecule has 1 saturated heterocycles. The molecule has 2 unspecified atom stereocenters. The Bertz CT molecular complexity index is 1120. The number of unbranched alkanes of at least 4 members (excludes halogenated alkanes) is 22. The maximum absolute atomic E-state index is 13.4. The van der Waals surface area contributed by atoms with Gasteiger partial charge in [0.2, 0.25) is 0 Å². The number of quaternary nitrogens is 1. The van der Waals surface area contributed by atoms with Gasteiger partial charge in [-0.2, -0.15) is 0 Å². The summed E-state index contributed by atoms with van der Waals surface area (Å²) in [6.45, 7) is 8.49. The molecular weight excluding hydrogens is 771 g/mol. The zero-order valence-corrected chi connectivity index (χ0v) is 40.0. The number of hydrogen-bond donors (Lipinski definition) is 1. The van der Waals surface area contributed by atoms with Gasteiger partial charge in [-0.25, -0.2) is 4.57 Å². The molecule has 1 radical (unpaired) electrons. The molecule has 349 valence electrons. The minimum Gasteiger partial charge on any atom is -0.462 e. The van der Waals surface area contributed by atoms with Gasteiger partial charge in [-0.3, -0.25) is 18.6 Å². The molecule has 3 atom stereocenters. The second-order valence-electron chi connectivity index (χ2n) is 18.9. The second kappa shape index (κ2) is 32.5. The summed E-state index contributed by atoms with van der Waals surface area (Å²) in [7, 11) is 1.38. The summed E-state index contributed by atoms with van der Waals surface area (Å²) in [5, 5.41) is 14.6. The van der Waals surface area contributed by atoms with Gasteiger partial charge in [-0.05, 0) is 52.4 Å². The first kappa shape index (κ1) is 55.9. The van der Waals surface area contributed by atoms with Gasteiger partial charge in [0.1, 0.15) is 25.5 Å². The molecule has 0 amide bonds. The summed E-state index contributed by atoms with van der Waals surface area (Å²) in [5.74, 6) is -0.917. The number of carbonyl (C=O) groups excluding carboxylic acids is 2. The smallest absolute Gasteiger partial charge is 0.462 e. The Labute approximate surface area is 361 Å². The van der Waals surface area contributed by atoms with Crippen molar-refractivity contribution in [1.29, 1.82) is 0 Å². The molecule has 0 bridgehead atoms. The van der Waals surface area contributed by atoms with E-state index in [2.05, 4.69) is 13.8 Å². The maximum Gasteiger partial charge on any atom is 0.472 e. The van der Waals surface area contributed by atoms with Crippen LogP contribution >= 0.6 is 7.82 Å². The Balaban J connectivity index is 2.54. The fourth-order valence-electron chi connectivity index (χ4n) is 7.56. The van der Waals surface area contributed by atoms with E-state index < -0.39 is 43.7 Å². The zero-order valence-electron chi connectivity index (χ0n) is 39.1. The molecule has 1 fully saturated rings. The van der Waals surface area contributed by atoms with Gasteiger partial charge in [-0.15, -0.1) is 10.3 Å². The van der Waals surface area contributed by atoms with Crippen LogP contribution in [0.4, 0.5) is 0 Å². The Morgan fingerprint density at radius 2 is 1.08 bits per heavy atom. The lowest BCUT2D eigenvalue weighted by molar-refractivity contribution is -0.870. The monoisotopic (exact) mass is 863 g/mol. The van der Waals surface area contributed by atoms with Crippen LogP contribution < -0.4 is 0 Å². The van der Waals surface area contributed by atoms with E-state index in [1.165, 1.54) is 114 Å². The van der Waals surface area contributed by atoms with E-state index in [4.69, 9.17) is 23.3 Å². The number of carbonyl (C=O) groups is 2. The summed E-state index contributed by atoms with van der Waals surface area (Å²) < 4.78 is 40.8. The number of hydroxylamine groups is 2. The molecule has 12 nitrogen and oxygen atoms in total. The lowest BCUT2D eigenvalue weighted by Gasteiger charge is -2.35. The largest absolute Gasteiger partial charge is 0.472 e. The minimum absolute atomic E-state index is 0.00294. The summed E-state index contributed by atoms with van der Waals surface area (Å²) in [5.41, 5.74) is -1.41. The standard InChI is InChI=1S/C46H90N2O10P/c1-8-10-12-14-16-18-19-20-21-22-24-26-29-33-43(49)54-39-42(40-57-59(52,53)56-38-37-48(5,6)7)58-44(50)34-30-28-32-36-46(47(51)45(3,4)41-55-46)35-31-27-25-23-17-15-13-11-9-2/h42H,8-41H2,1-7H3/p+1/t42-,46?/m1/s1. The third kappa shape index (κ3) is 29.0. The van der Waals surface area contributed by atoms with Gasteiger partial charge >= 0.3 is 19.8 Å². The molecule has 0 saturated carbocycles. The van der Waals surface area contributed by atoms with Crippen molar-refractivity contribution in [1.82, 2.24) is 5.06 Å². The summed E-state index contributed by atoms with van der Waals surface area (Å²) in [4.78, 5) is 35.8. The van der Waals surface area contributed by atoms with Crippen molar-refractivity contribution in [2.45, 2.75) is 231 Å². The predicted octanol–water partition coefficient (Wildman–Crippen LogP) is 11.8. The van der Waals surface area contributed by atoms with Crippen LogP contribution in [0.5, 0.6) is 0 Å². The predicted molar refractivity (Wildman–Crippen MR) is 236 cm³/mol. The highest BCUT2D eigenvalue weighted by atomic mass is 31.2. The van der Waals surface area contributed by atoms with Gasteiger partial charge in [0.25, 0.3) is 0 Å². The zero-order chi connectivity index (χ0) is 43.9. The average Bonchev–Trinajstić information content (AvgIpc) is 3.40. The van der Waals surface area contributed by atoms with Gasteiger partial charge < -0.3 is 23.6 Å². The normalized spacial score (nSPS) is 18.5. The molecular formula is C46H91N2O10P+. The number of hydrogen-bond acceptors (Lipinski definition) is 9. The van der Waals surface area contributed by atoms with Crippen LogP contribution in [-0.2, 0) is 42.6 Å². The van der Waals surface area contributed by atoms with E-state index in [-0.39, 0.29) is 26.1 Å². The van der Waals surface area contributed by atoms with Crippen molar-refractivity contribution >= 4 is 19.8 Å². The van der Waals surface area contributed by atoms with Crippen LogP contribution in [0.25, 0.3) is 0 Å². The third-order valence-electron chi connectivity index (χ3n) is 11.4. The van der Waals surface area contributed by atoms with E-state index >= 15 is 0 Å². The van der Waals surface area contributed by atoms with Crippen LogP contribution in [-0.4, -0.2) is 97.9 Å². The van der Waals surface area contributed by atoms with Crippen LogP contribution in [0.2, 0.25) is 0 Å². The Morgan fingerprint density at radius 1 is 0.661 bits per heavy atom. The third-order valence-corrected chi connectivity index (χ3v) is 12.4. The molecule has 1 N–H and O–H groups in total. The molecule has 0 aliphatic carbocycles. The molecule has 0 aromatic heterocycles. The summed E-state index contributed by atoms with van der Waals surface area (Å²) in [6, 6.07) is 0. The van der Waals surface area contributed by atoms with E-state index in [9.17, 15) is 24.3 Å². The maximum atomic E-state index is 13.4. The van der Waals surface area contributed by atoms with Gasteiger partial charge in [0.05, 0.1) is 39.9 Å². The molecule has 13 heteroatoms. The second-order valence-corrected chi connectivity index (χ2v) is 20.3. The highest BCUT2D eigenvalue weighted by Crippen LogP contribution is 2.43. The quantitative estimate of drug-likeness (QED) is 0.0274. The van der Waals surface area contributed by atoms with Crippen molar-refractivity contribution in [2.75, 3.05) is 54.1 Å². The summed E-state index contributed by atoms with van der Waals surface area (Å²) >= 11 is 0. The number of ether oxygens (including phenoxy) is 3. The van der Waals surface area contributed by atoms with Crippen molar-refractivity contribution in [3.63, 3.8) is 0 Å². The SMILES string of the molecule is CCCCCCCCCCCCCCCC(=O)OC[C@H](COP(=O)(O)OCC[N+](C)(C)C)OC(=O)CCCCCC1(CCCCCCCCCCC)OCC(C)(C)N1[O]. The lowest BCUT2D eigenvalue weighted by Crippen LogP contribution is -2.49. The molecule has 1 aliphatic rings. The fourth-order valence-corrected chi connectivity index (χ4v) is 8.30. The average molecular weight is 863 g/mol. The molecule has 0 aromatic rings. The van der Waals surface area contributed by atoms with E-state index in [0.717, 1.165) is 38.5 Å². The number of nitrogens with zero attached hydrogens (tertiary/aromatic N) is 2. The molecule has 59 heavy (non-hydrogen) atoms. The molecule has 0 spiro atoms. The minimum atomic E-state index is -4.43. The first-order valence-corrected chi connectivity index (χ1v) is 25.4. The van der Waals surface area contributed by atoms with E-state index in [1.807, 2.05) is 35.0 Å². The Morgan fingerprint density at radius 3 is 1.53 bits per heavy atom. The van der Waals surface area contributed by atoms with Crippen LogP contribution in [0.3, 0.4) is 0 Å². The molecule has 1 aliphatic heterocycles. The molecule has 1 heterocycles. The van der Waals surface area contributed by atoms with Crippen LogP contribution in [0, 0.1) is 0 Å². The van der Waals surface area contributed by atoms with E-state index in [1.54, 1.807) is 0 Å². The van der Waals surface area contributed by atoms with Crippen LogP contribution in [0.15, 0.2) is 0 Å². The van der Waals surface area contributed by atoms with Crippen molar-refractivity contribution in [3.05, 3.63) is 0 Å². The van der Waals surface area contributed by atoms with Crippen molar-refractivity contribution in [2.24, 2.45) is 0 Å². The van der Waals surface area contributed by atoms with Gasteiger partial charge in [0, 0.05) is 12.8 Å². The van der Waals surface area contributed by atoms with Crippen molar-refractivity contribution in [3.8, 4) is 0 Å². The number of esters is 2. The first-order valence-electron chi connectivity index (χ1n) is 23.9. The highest BCUT2D eigenvalue weighted by Gasteiger charge is 2.52. The van der Waals surface area contributed by atoms with Gasteiger partial charge in [-0.1, -0.05) is 149 Å². The summed E-state index contributed by atoms with van der Waals surface area (Å²) in [6.07, 6.45) is 29.2. The fraction of sp³-hybridized carbons (Fsp3) is 0.957. The highest BCUT2D eigenvalue weighted by molar-refractivity contribution is 7.47. The molecule has 0 aromatic carbocycles. The molecule has 1 rings (SSSR count). The Hall–Kier alpha value is -1.11.